The molecule has 2 fully saturated rings. The van der Waals surface area contributed by atoms with E-state index in [-0.39, 0.29) is 17.7 Å². The van der Waals surface area contributed by atoms with Gasteiger partial charge in [0.1, 0.15) is 0 Å². The molecule has 0 aromatic rings. The SMILES string of the molecule is O=C(C1=CCCCO1)N1CCC[C@@H](N2CCCS2(=O)=O)C1. The maximum Gasteiger partial charge on any atom is 0.288 e. The van der Waals surface area contributed by atoms with E-state index < -0.39 is 10.0 Å². The van der Waals surface area contributed by atoms with Crippen LogP contribution in [-0.2, 0) is 19.6 Å². The minimum Gasteiger partial charge on any atom is -0.488 e. The van der Waals surface area contributed by atoms with Gasteiger partial charge in [0.25, 0.3) is 5.91 Å². The maximum atomic E-state index is 12.4. The summed E-state index contributed by atoms with van der Waals surface area (Å²) in [6.45, 7) is 2.35. The Morgan fingerprint density at radius 3 is 2.76 bits per heavy atom. The fourth-order valence-electron chi connectivity index (χ4n) is 3.31. The van der Waals surface area contributed by atoms with E-state index in [9.17, 15) is 13.2 Å². The van der Waals surface area contributed by atoms with Gasteiger partial charge in [-0.2, -0.15) is 4.31 Å². The number of nitrogens with zero attached hydrogens (tertiary/aromatic N) is 2. The Morgan fingerprint density at radius 2 is 2.10 bits per heavy atom. The van der Waals surface area contributed by atoms with Crippen molar-refractivity contribution in [3.63, 3.8) is 0 Å². The Morgan fingerprint density at radius 1 is 1.24 bits per heavy atom. The summed E-state index contributed by atoms with van der Waals surface area (Å²) in [6, 6.07) is -0.0700. The topological polar surface area (TPSA) is 66.9 Å². The van der Waals surface area contributed by atoms with Crippen LogP contribution in [0, 0.1) is 0 Å². The number of sulfonamides is 1. The minimum atomic E-state index is -3.11. The van der Waals surface area contributed by atoms with Crippen molar-refractivity contribution in [2.45, 2.75) is 38.1 Å². The van der Waals surface area contributed by atoms with Gasteiger partial charge in [0.05, 0.1) is 12.4 Å². The van der Waals surface area contributed by atoms with E-state index in [0.717, 1.165) is 25.7 Å². The highest BCUT2D eigenvalue weighted by molar-refractivity contribution is 7.89. The van der Waals surface area contributed by atoms with Crippen molar-refractivity contribution >= 4 is 15.9 Å². The largest absolute Gasteiger partial charge is 0.488 e. The third kappa shape index (κ3) is 3.08. The van der Waals surface area contributed by atoms with Gasteiger partial charge in [0.2, 0.25) is 10.0 Å². The molecule has 3 rings (SSSR count). The number of hydrogen-bond donors (Lipinski definition) is 0. The molecule has 6 nitrogen and oxygen atoms in total. The first-order valence-corrected chi connectivity index (χ1v) is 9.30. The lowest BCUT2D eigenvalue weighted by atomic mass is 10.0. The summed E-state index contributed by atoms with van der Waals surface area (Å²) >= 11 is 0. The molecule has 3 aliphatic heterocycles. The summed E-state index contributed by atoms with van der Waals surface area (Å²) in [7, 11) is -3.11. The van der Waals surface area contributed by atoms with E-state index in [1.165, 1.54) is 0 Å². The van der Waals surface area contributed by atoms with Crippen molar-refractivity contribution in [2.24, 2.45) is 0 Å². The van der Waals surface area contributed by atoms with Gasteiger partial charge in [0.15, 0.2) is 5.76 Å². The first kappa shape index (κ1) is 14.8. The van der Waals surface area contributed by atoms with Crippen molar-refractivity contribution in [3.05, 3.63) is 11.8 Å². The molecule has 2 saturated heterocycles. The molecular weight excluding hydrogens is 292 g/mol. The highest BCUT2D eigenvalue weighted by atomic mass is 32.2. The Bertz CT molecular complexity index is 543. The van der Waals surface area contributed by atoms with Gasteiger partial charge in [-0.25, -0.2) is 8.42 Å². The molecule has 1 atom stereocenters. The zero-order valence-electron chi connectivity index (χ0n) is 12.2. The number of ether oxygens (including phenoxy) is 1. The van der Waals surface area contributed by atoms with Gasteiger partial charge < -0.3 is 9.64 Å². The zero-order valence-corrected chi connectivity index (χ0v) is 13.0. The Labute approximate surface area is 125 Å². The fraction of sp³-hybridized carbons (Fsp3) is 0.786. The Kier molecular flexibility index (Phi) is 4.21. The second-order valence-corrected chi connectivity index (χ2v) is 7.93. The van der Waals surface area contributed by atoms with Crippen LogP contribution in [-0.4, -0.2) is 61.6 Å². The van der Waals surface area contributed by atoms with Gasteiger partial charge in [-0.05, 0) is 38.2 Å². The third-order valence-electron chi connectivity index (χ3n) is 4.38. The van der Waals surface area contributed by atoms with Crippen LogP contribution in [0.2, 0.25) is 0 Å². The van der Waals surface area contributed by atoms with Gasteiger partial charge in [-0.15, -0.1) is 0 Å². The first-order chi connectivity index (χ1) is 10.1. The van der Waals surface area contributed by atoms with E-state index >= 15 is 0 Å². The lowest BCUT2D eigenvalue weighted by molar-refractivity contribution is -0.132. The molecule has 0 aromatic heterocycles. The van der Waals surface area contributed by atoms with E-state index in [0.29, 0.717) is 38.4 Å². The van der Waals surface area contributed by atoms with Crippen molar-refractivity contribution in [2.75, 3.05) is 32.0 Å². The quantitative estimate of drug-likeness (QED) is 0.753. The van der Waals surface area contributed by atoms with Crippen molar-refractivity contribution < 1.29 is 17.9 Å². The molecule has 0 radical (unpaired) electrons. The first-order valence-electron chi connectivity index (χ1n) is 7.70. The number of carbonyl (C=O) groups excluding carboxylic acids is 1. The fourth-order valence-corrected chi connectivity index (χ4v) is 5.07. The van der Waals surface area contributed by atoms with Gasteiger partial charge >= 0.3 is 0 Å². The second kappa shape index (κ2) is 5.96. The molecule has 0 bridgehead atoms. The molecule has 7 heteroatoms. The van der Waals surface area contributed by atoms with Crippen LogP contribution in [0.3, 0.4) is 0 Å². The summed E-state index contributed by atoms with van der Waals surface area (Å²) in [4.78, 5) is 14.2. The molecule has 0 N–H and O–H groups in total. The monoisotopic (exact) mass is 314 g/mol. The van der Waals surface area contributed by atoms with E-state index in [4.69, 9.17) is 4.74 Å². The normalized spacial score (nSPS) is 29.8. The van der Waals surface area contributed by atoms with Crippen molar-refractivity contribution in [1.82, 2.24) is 9.21 Å². The number of allylic oxidation sites excluding steroid dienone is 1. The lowest BCUT2D eigenvalue weighted by Crippen LogP contribution is -2.50. The van der Waals surface area contributed by atoms with Crippen LogP contribution in [0.4, 0.5) is 0 Å². The maximum absolute atomic E-state index is 12.4. The predicted molar refractivity (Wildman–Crippen MR) is 78.0 cm³/mol. The number of rotatable bonds is 2. The number of amides is 1. The van der Waals surface area contributed by atoms with Gasteiger partial charge in [-0.3, -0.25) is 4.79 Å². The molecule has 21 heavy (non-hydrogen) atoms. The average Bonchev–Trinajstić information content (AvgIpc) is 2.87. The smallest absolute Gasteiger partial charge is 0.288 e. The summed E-state index contributed by atoms with van der Waals surface area (Å²) in [5.74, 6) is 0.591. The second-order valence-electron chi connectivity index (χ2n) is 5.89. The van der Waals surface area contributed by atoms with E-state index in [2.05, 4.69) is 0 Å². The van der Waals surface area contributed by atoms with Crippen LogP contribution < -0.4 is 0 Å². The molecule has 3 heterocycles. The van der Waals surface area contributed by atoms with Crippen molar-refractivity contribution in [3.8, 4) is 0 Å². The molecule has 0 aromatic carbocycles. The number of hydrogen-bond acceptors (Lipinski definition) is 4. The van der Waals surface area contributed by atoms with Gasteiger partial charge in [0, 0.05) is 25.7 Å². The molecule has 1 amide bonds. The van der Waals surface area contributed by atoms with Crippen LogP contribution in [0.5, 0.6) is 0 Å². The molecule has 0 unspecified atom stereocenters. The molecule has 0 spiro atoms. The molecule has 0 saturated carbocycles. The number of piperidine rings is 1. The van der Waals surface area contributed by atoms with Crippen LogP contribution in [0.1, 0.15) is 32.1 Å². The lowest BCUT2D eigenvalue weighted by Gasteiger charge is -2.37. The zero-order chi connectivity index (χ0) is 14.9. The van der Waals surface area contributed by atoms with E-state index in [1.54, 1.807) is 9.21 Å². The van der Waals surface area contributed by atoms with Crippen LogP contribution in [0.25, 0.3) is 0 Å². The Hall–Kier alpha value is -1.08. The van der Waals surface area contributed by atoms with Crippen LogP contribution >= 0.6 is 0 Å². The highest BCUT2D eigenvalue weighted by Crippen LogP contribution is 2.25. The average molecular weight is 314 g/mol. The van der Waals surface area contributed by atoms with Crippen molar-refractivity contribution in [1.29, 1.82) is 0 Å². The summed E-state index contributed by atoms with van der Waals surface area (Å²) in [5, 5.41) is 0. The number of carbonyl (C=O) groups is 1. The highest BCUT2D eigenvalue weighted by Gasteiger charge is 2.38. The molecule has 0 aliphatic carbocycles. The standard InChI is InChI=1S/C14H22N2O4S/c17-14(13-6-1-2-9-20-13)15-7-3-5-12(11-15)16-8-4-10-21(16,18)19/h6,12H,1-5,7-11H2/t12-/m1/s1. The molecule has 118 valence electrons. The predicted octanol–water partition coefficient (Wildman–Crippen LogP) is 0.707. The van der Waals surface area contributed by atoms with E-state index in [1.807, 2.05) is 6.08 Å². The molecule has 3 aliphatic rings. The molecular formula is C14H22N2O4S. The summed E-state index contributed by atoms with van der Waals surface area (Å²) in [5.41, 5.74) is 0. The summed E-state index contributed by atoms with van der Waals surface area (Å²) in [6.07, 6.45) is 6.05. The van der Waals surface area contributed by atoms with Gasteiger partial charge in [-0.1, -0.05) is 0 Å². The minimum absolute atomic E-state index is 0.0700. The number of likely N-dealkylation sites (tertiary alicyclic amines) is 1. The Balaban J connectivity index is 1.68. The third-order valence-corrected chi connectivity index (χ3v) is 6.38. The summed E-state index contributed by atoms with van der Waals surface area (Å²) < 4.78 is 31.1. The van der Waals surface area contributed by atoms with Crippen LogP contribution in [0.15, 0.2) is 11.8 Å².